The zero-order valence-electron chi connectivity index (χ0n) is 17.6. The van der Waals surface area contributed by atoms with Gasteiger partial charge in [0.2, 0.25) is 0 Å². The van der Waals surface area contributed by atoms with Crippen LogP contribution in [0, 0.1) is 6.92 Å². The number of ether oxygens (including phenoxy) is 1. The summed E-state index contributed by atoms with van der Waals surface area (Å²) in [6.45, 7) is 5.30. The zero-order valence-corrected chi connectivity index (χ0v) is 18.4. The zero-order chi connectivity index (χ0) is 21.5. The van der Waals surface area contributed by atoms with Crippen molar-refractivity contribution in [3.63, 3.8) is 0 Å². The molecule has 156 valence electrons. The lowest BCUT2D eigenvalue weighted by Crippen LogP contribution is -2.25. The van der Waals surface area contributed by atoms with E-state index >= 15 is 0 Å². The summed E-state index contributed by atoms with van der Waals surface area (Å²) in [5.41, 5.74) is 5.71. The van der Waals surface area contributed by atoms with Crippen LogP contribution in [0.1, 0.15) is 22.9 Å². The molecular weight excluding hydrogens is 394 g/mol. The molecule has 30 heavy (non-hydrogen) atoms. The minimum Gasteiger partial charge on any atom is -0.494 e. The van der Waals surface area contributed by atoms with Gasteiger partial charge in [-0.2, -0.15) is 0 Å². The fourth-order valence-electron chi connectivity index (χ4n) is 3.25. The van der Waals surface area contributed by atoms with E-state index in [1.165, 1.54) is 10.4 Å². The molecule has 1 N–H and O–H groups in total. The molecule has 0 aliphatic rings. The van der Waals surface area contributed by atoms with E-state index in [0.717, 1.165) is 28.0 Å². The van der Waals surface area contributed by atoms with Crippen molar-refractivity contribution in [3.8, 4) is 16.9 Å². The van der Waals surface area contributed by atoms with Crippen molar-refractivity contribution in [2.45, 2.75) is 13.8 Å². The predicted molar refractivity (Wildman–Crippen MR) is 124 cm³/mol. The first-order valence-corrected chi connectivity index (χ1v) is 10.8. The molecule has 0 aliphatic carbocycles. The number of aryl methyl sites for hydroxylation is 1. The molecule has 0 saturated carbocycles. The Morgan fingerprint density at radius 2 is 1.90 bits per heavy atom. The summed E-state index contributed by atoms with van der Waals surface area (Å²) in [6, 6.07) is 18.8. The number of thiophene rings is 1. The van der Waals surface area contributed by atoms with Gasteiger partial charge < -0.3 is 9.84 Å². The summed E-state index contributed by atoms with van der Waals surface area (Å²) in [5.74, 6) is 0.0493. The van der Waals surface area contributed by atoms with E-state index in [0.29, 0.717) is 13.2 Å². The molecule has 2 aromatic carbocycles. The maximum absolute atomic E-state index is 11.0. The Labute approximate surface area is 182 Å². The fraction of sp³-hybridized carbons (Fsp3) is 0.240. The molecule has 0 amide bonds. The summed E-state index contributed by atoms with van der Waals surface area (Å²) >= 11 is 1.71. The molecule has 0 spiro atoms. The van der Waals surface area contributed by atoms with Crippen molar-refractivity contribution in [2.75, 3.05) is 26.7 Å². The van der Waals surface area contributed by atoms with E-state index < -0.39 is 5.97 Å². The second-order valence-electron chi connectivity index (χ2n) is 7.23. The summed E-state index contributed by atoms with van der Waals surface area (Å²) in [4.78, 5) is 13.9. The van der Waals surface area contributed by atoms with Crippen molar-refractivity contribution in [2.24, 2.45) is 0 Å². The maximum atomic E-state index is 11.0. The summed E-state index contributed by atoms with van der Waals surface area (Å²) in [5, 5.41) is 11.1. The van der Waals surface area contributed by atoms with Crippen molar-refractivity contribution in [1.82, 2.24) is 4.90 Å². The Balaban J connectivity index is 1.88. The van der Waals surface area contributed by atoms with Crippen LogP contribution in [0.4, 0.5) is 0 Å². The smallest absolute Gasteiger partial charge is 0.317 e. The molecule has 0 unspecified atom stereocenters. The number of hydrogen-bond acceptors (Lipinski definition) is 4. The highest BCUT2D eigenvalue weighted by molar-refractivity contribution is 7.11. The number of likely N-dealkylation sites (N-methyl/N-ethyl adjacent to an activating group) is 1. The Bertz CT molecular complexity index is 1020. The lowest BCUT2D eigenvalue weighted by Gasteiger charge is -2.13. The number of aliphatic carboxylic acids is 1. The average Bonchev–Trinajstić information content (AvgIpc) is 3.14. The normalized spacial score (nSPS) is 11.7. The first-order chi connectivity index (χ1) is 14.5. The molecule has 3 aromatic rings. The van der Waals surface area contributed by atoms with Gasteiger partial charge in [-0.15, -0.1) is 11.3 Å². The lowest BCUT2D eigenvalue weighted by molar-refractivity contribution is -0.137. The van der Waals surface area contributed by atoms with E-state index in [1.54, 1.807) is 16.2 Å². The van der Waals surface area contributed by atoms with Crippen molar-refractivity contribution < 1.29 is 14.6 Å². The van der Waals surface area contributed by atoms with Gasteiger partial charge in [0.25, 0.3) is 0 Å². The topological polar surface area (TPSA) is 49.8 Å². The molecule has 0 fully saturated rings. The monoisotopic (exact) mass is 421 g/mol. The highest BCUT2D eigenvalue weighted by Gasteiger charge is 2.10. The maximum Gasteiger partial charge on any atom is 0.317 e. The van der Waals surface area contributed by atoms with Crippen LogP contribution in [0.5, 0.6) is 5.75 Å². The van der Waals surface area contributed by atoms with Crippen LogP contribution in [-0.2, 0) is 4.79 Å². The Morgan fingerprint density at radius 1 is 1.13 bits per heavy atom. The molecule has 1 aromatic heterocycles. The number of nitrogens with zero attached hydrogens (tertiary/aromatic N) is 1. The molecule has 0 saturated heterocycles. The third kappa shape index (κ3) is 5.81. The van der Waals surface area contributed by atoms with Gasteiger partial charge in [-0.25, -0.2) is 0 Å². The molecule has 3 rings (SSSR count). The molecule has 0 radical (unpaired) electrons. The van der Waals surface area contributed by atoms with E-state index in [-0.39, 0.29) is 6.54 Å². The van der Waals surface area contributed by atoms with Gasteiger partial charge in [0, 0.05) is 11.4 Å². The van der Waals surface area contributed by atoms with Gasteiger partial charge in [-0.1, -0.05) is 42.5 Å². The van der Waals surface area contributed by atoms with E-state index in [4.69, 9.17) is 9.84 Å². The average molecular weight is 422 g/mol. The Hall–Kier alpha value is -2.89. The standard InChI is InChI=1S/C25H27NO3S/c1-4-29-22-7-5-6-21(15-22)19-8-10-20(11-9-19)23(24-14-18(2)17-30-24)12-13-26(3)16-25(27)28/h5-12,14-15,17H,4,13,16H2,1-3H3,(H,27,28). The van der Waals surface area contributed by atoms with Gasteiger partial charge >= 0.3 is 5.97 Å². The largest absolute Gasteiger partial charge is 0.494 e. The van der Waals surface area contributed by atoms with Crippen LogP contribution in [0.3, 0.4) is 0 Å². The molecule has 0 atom stereocenters. The number of hydrogen-bond donors (Lipinski definition) is 1. The van der Waals surface area contributed by atoms with E-state index in [9.17, 15) is 4.79 Å². The minimum atomic E-state index is -0.821. The van der Waals surface area contributed by atoms with Crippen LogP contribution < -0.4 is 4.74 Å². The second kappa shape index (κ2) is 10.2. The molecule has 5 heteroatoms. The number of carboxylic acid groups (broad SMARTS) is 1. The van der Waals surface area contributed by atoms with Crippen LogP contribution in [-0.4, -0.2) is 42.7 Å². The van der Waals surface area contributed by atoms with E-state index in [1.807, 2.05) is 26.1 Å². The van der Waals surface area contributed by atoms with Crippen LogP contribution >= 0.6 is 11.3 Å². The van der Waals surface area contributed by atoms with Crippen LogP contribution in [0.15, 0.2) is 66.1 Å². The molecular formula is C25H27NO3S. The van der Waals surface area contributed by atoms with Crippen molar-refractivity contribution >= 4 is 22.9 Å². The summed E-state index contributed by atoms with van der Waals surface area (Å²) < 4.78 is 5.62. The number of carboxylic acids is 1. The SMILES string of the molecule is CCOc1cccc(-c2ccc(C(=CCN(C)CC(=O)O)c3cc(C)cs3)cc2)c1. The second-order valence-corrected chi connectivity index (χ2v) is 8.15. The Morgan fingerprint density at radius 3 is 2.53 bits per heavy atom. The van der Waals surface area contributed by atoms with E-state index in [2.05, 4.69) is 60.8 Å². The first-order valence-electron chi connectivity index (χ1n) is 9.96. The van der Waals surface area contributed by atoms with Crippen molar-refractivity contribution in [3.05, 3.63) is 82.1 Å². The lowest BCUT2D eigenvalue weighted by atomic mass is 9.99. The summed E-state index contributed by atoms with van der Waals surface area (Å²) in [6.07, 6.45) is 2.11. The quantitative estimate of drug-likeness (QED) is 0.491. The molecule has 0 bridgehead atoms. The van der Waals surface area contributed by atoms with Crippen molar-refractivity contribution in [1.29, 1.82) is 0 Å². The van der Waals surface area contributed by atoms with Gasteiger partial charge in [0.15, 0.2) is 0 Å². The van der Waals surface area contributed by atoms with Crippen LogP contribution in [0.2, 0.25) is 0 Å². The third-order valence-corrected chi connectivity index (χ3v) is 5.76. The van der Waals surface area contributed by atoms with Gasteiger partial charge in [-0.05, 0) is 72.3 Å². The number of rotatable bonds is 9. The number of benzene rings is 2. The van der Waals surface area contributed by atoms with Gasteiger partial charge in [0.1, 0.15) is 5.75 Å². The highest BCUT2D eigenvalue weighted by atomic mass is 32.1. The Kier molecular flexibility index (Phi) is 7.44. The molecule has 0 aliphatic heterocycles. The van der Waals surface area contributed by atoms with Crippen LogP contribution in [0.25, 0.3) is 16.7 Å². The fourth-order valence-corrected chi connectivity index (χ4v) is 4.21. The van der Waals surface area contributed by atoms with Gasteiger partial charge in [0.05, 0.1) is 13.2 Å². The first kappa shape index (κ1) is 21.8. The number of carbonyl (C=O) groups is 1. The molecule has 1 heterocycles. The minimum absolute atomic E-state index is 0.0162. The highest BCUT2D eigenvalue weighted by Crippen LogP contribution is 2.31. The summed E-state index contributed by atoms with van der Waals surface area (Å²) in [7, 11) is 1.82. The molecule has 4 nitrogen and oxygen atoms in total. The third-order valence-electron chi connectivity index (χ3n) is 4.68. The van der Waals surface area contributed by atoms with Gasteiger partial charge in [-0.3, -0.25) is 9.69 Å². The predicted octanol–water partition coefficient (Wildman–Crippen LogP) is 5.57.